The quantitative estimate of drug-likeness (QED) is 0.281. The monoisotopic (exact) mass is 518 g/mol. The first-order valence-electron chi connectivity index (χ1n) is 11.7. The fraction of sp³-hybridized carbons (Fsp3) is 0.462. The minimum absolute atomic E-state index is 0.0690. The topological polar surface area (TPSA) is 27.7 Å². The molecule has 3 nitrogen and oxygen atoms in total. The van der Waals surface area contributed by atoms with Gasteiger partial charge in [-0.2, -0.15) is 8.78 Å². The van der Waals surface area contributed by atoms with Crippen molar-refractivity contribution in [1.82, 2.24) is 0 Å². The molecule has 1 saturated heterocycles. The Hall–Kier alpha value is -2.59. The van der Waals surface area contributed by atoms with Crippen LogP contribution in [0.1, 0.15) is 50.2 Å². The van der Waals surface area contributed by atoms with Gasteiger partial charge in [0, 0.05) is 24.0 Å². The van der Waals surface area contributed by atoms with E-state index in [0.717, 1.165) is 25.0 Å². The molecule has 1 aliphatic heterocycles. The molecule has 1 atom stereocenters. The minimum Gasteiger partial charge on any atom is -0.429 e. The van der Waals surface area contributed by atoms with Crippen molar-refractivity contribution in [2.75, 3.05) is 13.2 Å². The van der Waals surface area contributed by atoms with Crippen molar-refractivity contribution < 1.29 is 44.9 Å². The van der Waals surface area contributed by atoms with Crippen molar-refractivity contribution >= 4 is 5.57 Å². The van der Waals surface area contributed by atoms with E-state index in [2.05, 4.69) is 11.7 Å². The van der Waals surface area contributed by atoms with Crippen LogP contribution in [-0.2, 0) is 15.6 Å². The van der Waals surface area contributed by atoms with E-state index in [1.165, 1.54) is 0 Å². The number of hydrogen-bond acceptors (Lipinski definition) is 3. The molecule has 0 spiro atoms. The molecule has 0 saturated carbocycles. The largest absolute Gasteiger partial charge is 0.432 e. The molecule has 10 heteroatoms. The van der Waals surface area contributed by atoms with E-state index in [1.54, 1.807) is 6.08 Å². The molecular weight excluding hydrogens is 493 g/mol. The molecule has 0 N–H and O–H groups in total. The summed E-state index contributed by atoms with van der Waals surface area (Å²) >= 11 is 0. The lowest BCUT2D eigenvalue weighted by Crippen LogP contribution is -2.37. The number of allylic oxidation sites excluding steroid dienone is 2. The van der Waals surface area contributed by atoms with Gasteiger partial charge in [0.2, 0.25) is 0 Å². The molecule has 2 aromatic carbocycles. The molecule has 196 valence electrons. The van der Waals surface area contributed by atoms with Gasteiger partial charge >= 0.3 is 6.11 Å². The van der Waals surface area contributed by atoms with Crippen LogP contribution in [0.4, 0.5) is 30.7 Å². The third kappa shape index (κ3) is 5.70. The highest BCUT2D eigenvalue weighted by molar-refractivity contribution is 5.67. The van der Waals surface area contributed by atoms with Crippen molar-refractivity contribution in [1.29, 1.82) is 0 Å². The van der Waals surface area contributed by atoms with Gasteiger partial charge in [0.05, 0.1) is 13.2 Å². The molecular formula is C26H25F7O3. The van der Waals surface area contributed by atoms with Crippen LogP contribution in [0.5, 0.6) is 5.75 Å². The van der Waals surface area contributed by atoms with Crippen LogP contribution < -0.4 is 4.74 Å². The smallest absolute Gasteiger partial charge is 0.429 e. The normalized spacial score (nSPS) is 22.9. The van der Waals surface area contributed by atoms with Gasteiger partial charge in [0.15, 0.2) is 23.7 Å². The number of benzene rings is 2. The summed E-state index contributed by atoms with van der Waals surface area (Å²) in [5.74, 6) is -9.35. The van der Waals surface area contributed by atoms with E-state index in [0.29, 0.717) is 44.0 Å². The second-order valence-electron chi connectivity index (χ2n) is 9.09. The zero-order valence-electron chi connectivity index (χ0n) is 19.4. The van der Waals surface area contributed by atoms with Crippen molar-refractivity contribution in [3.63, 3.8) is 0 Å². The molecule has 0 amide bonds. The fourth-order valence-corrected chi connectivity index (χ4v) is 4.60. The maximum Gasteiger partial charge on any atom is 0.432 e. The zero-order chi connectivity index (χ0) is 26.0. The first-order chi connectivity index (χ1) is 17.1. The Kier molecular flexibility index (Phi) is 7.94. The third-order valence-corrected chi connectivity index (χ3v) is 6.43. The van der Waals surface area contributed by atoms with Gasteiger partial charge in [-0.1, -0.05) is 19.4 Å². The molecule has 0 aromatic heterocycles. The van der Waals surface area contributed by atoms with Gasteiger partial charge < -0.3 is 14.2 Å². The molecule has 0 bridgehead atoms. The average molecular weight is 518 g/mol. The van der Waals surface area contributed by atoms with Gasteiger partial charge in [0.1, 0.15) is 22.9 Å². The van der Waals surface area contributed by atoms with E-state index in [4.69, 9.17) is 9.47 Å². The number of rotatable bonds is 7. The van der Waals surface area contributed by atoms with Crippen LogP contribution >= 0.6 is 0 Å². The summed E-state index contributed by atoms with van der Waals surface area (Å²) in [5.41, 5.74) is -1.05. The van der Waals surface area contributed by atoms with E-state index in [9.17, 15) is 30.7 Å². The number of halogens is 7. The molecule has 4 rings (SSSR count). The van der Waals surface area contributed by atoms with Gasteiger partial charge in [-0.15, -0.1) is 0 Å². The van der Waals surface area contributed by atoms with Gasteiger partial charge in [-0.05, 0) is 49.0 Å². The fourth-order valence-electron chi connectivity index (χ4n) is 4.60. The standard InChI is InChI=1S/C26H25F7O3/c1-2-3-14-12-34-25(35-13-14)16-6-4-15(5-7-16)17-8-19(27)23(20(28)9-17)26(32,33)36-18-10-21(29)24(31)22(30)11-18/h4,8-11,14,16,25H,2-3,5-7,12-13H2,1H3. The Balaban J connectivity index is 1.47. The van der Waals surface area contributed by atoms with E-state index < -0.39 is 46.5 Å². The molecule has 36 heavy (non-hydrogen) atoms. The van der Waals surface area contributed by atoms with Crippen LogP contribution in [-0.4, -0.2) is 19.5 Å². The Labute approximate surface area is 203 Å². The summed E-state index contributed by atoms with van der Waals surface area (Å²) in [6.45, 7) is 3.34. The van der Waals surface area contributed by atoms with Crippen LogP contribution in [0.25, 0.3) is 5.57 Å². The lowest BCUT2D eigenvalue weighted by molar-refractivity contribution is -0.225. The summed E-state index contributed by atoms with van der Waals surface area (Å²) in [4.78, 5) is 0. The SMILES string of the molecule is CCCC1COC(C2CC=C(c3cc(F)c(C(F)(F)Oc4cc(F)c(F)c(F)c4)c(F)c3)CC2)OC1. The van der Waals surface area contributed by atoms with Crippen LogP contribution in [0.2, 0.25) is 0 Å². The molecule has 1 fully saturated rings. The van der Waals surface area contributed by atoms with E-state index >= 15 is 0 Å². The Morgan fingerprint density at radius 2 is 1.53 bits per heavy atom. The number of hydrogen-bond donors (Lipinski definition) is 0. The molecule has 1 aliphatic carbocycles. The predicted octanol–water partition coefficient (Wildman–Crippen LogP) is 7.48. The van der Waals surface area contributed by atoms with E-state index in [1.807, 2.05) is 0 Å². The van der Waals surface area contributed by atoms with Crippen LogP contribution in [0.3, 0.4) is 0 Å². The minimum atomic E-state index is -4.62. The maximum absolute atomic E-state index is 14.7. The van der Waals surface area contributed by atoms with Gasteiger partial charge in [0.25, 0.3) is 0 Å². The molecule has 2 aliphatic rings. The van der Waals surface area contributed by atoms with Crippen molar-refractivity contribution in [2.24, 2.45) is 11.8 Å². The van der Waals surface area contributed by atoms with Crippen LogP contribution in [0.15, 0.2) is 30.3 Å². The average Bonchev–Trinajstić information content (AvgIpc) is 2.82. The lowest BCUT2D eigenvalue weighted by atomic mass is 9.85. The first kappa shape index (κ1) is 26.5. The molecule has 1 heterocycles. The second-order valence-corrected chi connectivity index (χ2v) is 9.09. The van der Waals surface area contributed by atoms with Crippen LogP contribution in [0, 0.1) is 40.9 Å². The maximum atomic E-state index is 14.7. The third-order valence-electron chi connectivity index (χ3n) is 6.43. The molecule has 2 aromatic rings. The Morgan fingerprint density at radius 3 is 2.06 bits per heavy atom. The highest BCUT2D eigenvalue weighted by Gasteiger charge is 2.42. The Bertz CT molecular complexity index is 1080. The first-order valence-corrected chi connectivity index (χ1v) is 11.7. The van der Waals surface area contributed by atoms with E-state index in [-0.39, 0.29) is 29.9 Å². The Morgan fingerprint density at radius 1 is 0.917 bits per heavy atom. The van der Waals surface area contributed by atoms with Crippen molar-refractivity contribution in [2.45, 2.75) is 51.4 Å². The number of alkyl halides is 2. The van der Waals surface area contributed by atoms with Crippen molar-refractivity contribution in [3.8, 4) is 5.75 Å². The predicted molar refractivity (Wildman–Crippen MR) is 117 cm³/mol. The summed E-state index contributed by atoms with van der Waals surface area (Å²) in [5, 5.41) is 0. The summed E-state index contributed by atoms with van der Waals surface area (Å²) in [7, 11) is 0. The molecule has 1 unspecified atom stereocenters. The summed E-state index contributed by atoms with van der Waals surface area (Å²) < 4.78 is 114. The van der Waals surface area contributed by atoms with Gasteiger partial charge in [-0.25, -0.2) is 22.0 Å². The highest BCUT2D eigenvalue weighted by Crippen LogP contribution is 2.39. The highest BCUT2D eigenvalue weighted by atomic mass is 19.3. The lowest BCUT2D eigenvalue weighted by Gasteiger charge is -2.35. The number of ether oxygens (including phenoxy) is 3. The second kappa shape index (κ2) is 10.8. The summed E-state index contributed by atoms with van der Waals surface area (Å²) in [6.07, 6.45) is 0.466. The zero-order valence-corrected chi connectivity index (χ0v) is 19.4. The van der Waals surface area contributed by atoms with Gasteiger partial charge in [-0.3, -0.25) is 0 Å². The molecule has 0 radical (unpaired) electrons. The summed E-state index contributed by atoms with van der Waals surface area (Å²) in [6, 6.07) is 1.83. The van der Waals surface area contributed by atoms with Crippen molar-refractivity contribution in [3.05, 3.63) is 70.6 Å².